The van der Waals surface area contributed by atoms with Gasteiger partial charge in [0.05, 0.1) is 6.54 Å². The molecule has 3 heterocycles. The van der Waals surface area contributed by atoms with Crippen molar-refractivity contribution in [3.05, 3.63) is 11.6 Å². The van der Waals surface area contributed by atoms with E-state index in [0.717, 1.165) is 24.8 Å². The molecule has 0 saturated carbocycles. The number of hydrogen-bond acceptors (Lipinski definition) is 4. The number of rotatable bonds is 5. The van der Waals surface area contributed by atoms with Crippen LogP contribution in [0.25, 0.3) is 0 Å². The molecule has 1 unspecified atom stereocenters. The molecule has 0 aliphatic carbocycles. The van der Waals surface area contributed by atoms with Crippen LogP contribution in [-0.2, 0) is 13.6 Å². The summed E-state index contributed by atoms with van der Waals surface area (Å²) < 4.78 is 2.28. The summed E-state index contributed by atoms with van der Waals surface area (Å²) in [5.41, 5.74) is 0. The van der Waals surface area contributed by atoms with E-state index in [0.29, 0.717) is 5.92 Å². The summed E-state index contributed by atoms with van der Waals surface area (Å²) in [7, 11) is 2.16. The largest absolute Gasteiger partial charge is 0.317 e. The Hall–Kier alpha value is -0.940. The van der Waals surface area contributed by atoms with Gasteiger partial charge in [-0.15, -0.1) is 10.2 Å². The monoisotopic (exact) mass is 319 g/mol. The molecule has 3 rings (SSSR count). The molecular formula is C18H33N5. The van der Waals surface area contributed by atoms with Gasteiger partial charge in [-0.25, -0.2) is 0 Å². The molecule has 0 amide bonds. The fourth-order valence-electron chi connectivity index (χ4n) is 4.13. The lowest BCUT2D eigenvalue weighted by atomic mass is 9.96. The molecule has 0 bridgehead atoms. The Morgan fingerprint density at radius 2 is 1.74 bits per heavy atom. The highest BCUT2D eigenvalue weighted by Gasteiger charge is 2.26. The minimum absolute atomic E-state index is 0.551. The normalized spacial score (nSPS) is 24.4. The highest BCUT2D eigenvalue weighted by atomic mass is 15.3. The van der Waals surface area contributed by atoms with Crippen molar-refractivity contribution < 1.29 is 0 Å². The van der Waals surface area contributed by atoms with E-state index in [-0.39, 0.29) is 0 Å². The molecule has 1 atom stereocenters. The molecule has 0 radical (unpaired) electrons. The minimum Gasteiger partial charge on any atom is -0.317 e. The molecule has 23 heavy (non-hydrogen) atoms. The van der Waals surface area contributed by atoms with Crippen LogP contribution in [0.5, 0.6) is 0 Å². The van der Waals surface area contributed by atoms with Gasteiger partial charge in [-0.1, -0.05) is 20.3 Å². The molecule has 2 aliphatic heterocycles. The fraction of sp³-hybridized carbons (Fsp3) is 0.889. The van der Waals surface area contributed by atoms with E-state index < -0.39 is 0 Å². The van der Waals surface area contributed by atoms with Gasteiger partial charge in [0.25, 0.3) is 0 Å². The third-order valence-electron chi connectivity index (χ3n) is 5.31. The highest BCUT2D eigenvalue weighted by Crippen LogP contribution is 2.26. The van der Waals surface area contributed by atoms with Crippen molar-refractivity contribution in [2.45, 2.75) is 58.4 Å². The molecule has 0 N–H and O–H groups in total. The summed E-state index contributed by atoms with van der Waals surface area (Å²) in [6.07, 6.45) is 6.58. The molecule has 2 saturated heterocycles. The zero-order chi connectivity index (χ0) is 16.2. The Morgan fingerprint density at radius 3 is 2.48 bits per heavy atom. The van der Waals surface area contributed by atoms with Gasteiger partial charge in [0.15, 0.2) is 0 Å². The zero-order valence-corrected chi connectivity index (χ0v) is 15.2. The summed E-state index contributed by atoms with van der Waals surface area (Å²) in [4.78, 5) is 5.14. The van der Waals surface area contributed by atoms with Crippen molar-refractivity contribution in [3.8, 4) is 0 Å². The van der Waals surface area contributed by atoms with Gasteiger partial charge >= 0.3 is 0 Å². The third kappa shape index (κ3) is 4.32. The second-order valence-corrected chi connectivity index (χ2v) is 7.86. The molecule has 5 heteroatoms. The Kier molecular flexibility index (Phi) is 5.70. The third-order valence-corrected chi connectivity index (χ3v) is 5.31. The predicted octanol–water partition coefficient (Wildman–Crippen LogP) is 2.64. The van der Waals surface area contributed by atoms with E-state index >= 15 is 0 Å². The highest BCUT2D eigenvalue weighted by molar-refractivity contribution is 5.04. The van der Waals surface area contributed by atoms with E-state index in [4.69, 9.17) is 0 Å². The maximum atomic E-state index is 4.58. The molecular weight excluding hydrogens is 286 g/mol. The first-order valence-corrected chi connectivity index (χ1v) is 9.46. The van der Waals surface area contributed by atoms with Crippen LogP contribution in [0.1, 0.15) is 63.5 Å². The van der Waals surface area contributed by atoms with Crippen LogP contribution in [-0.4, -0.2) is 57.3 Å². The van der Waals surface area contributed by atoms with Gasteiger partial charge in [0.1, 0.15) is 11.6 Å². The van der Waals surface area contributed by atoms with Crippen LogP contribution in [0.15, 0.2) is 0 Å². The van der Waals surface area contributed by atoms with E-state index in [1.807, 2.05) is 0 Å². The van der Waals surface area contributed by atoms with Gasteiger partial charge < -0.3 is 9.47 Å². The standard InChI is InChI=1S/C18H33N5/c1-15(2)12-23-11-7-8-16(13-23)18-20-19-17(21(18)3)14-22-9-5-4-6-10-22/h15-16H,4-14H2,1-3H3. The topological polar surface area (TPSA) is 37.2 Å². The number of piperidine rings is 2. The lowest BCUT2D eigenvalue weighted by Crippen LogP contribution is -2.37. The first-order chi connectivity index (χ1) is 11.1. The molecule has 0 aromatic carbocycles. The molecule has 1 aromatic rings. The van der Waals surface area contributed by atoms with Crippen molar-refractivity contribution in [2.75, 3.05) is 32.7 Å². The molecule has 2 aliphatic rings. The lowest BCUT2D eigenvalue weighted by Gasteiger charge is -2.33. The van der Waals surface area contributed by atoms with E-state index in [1.165, 1.54) is 64.1 Å². The Balaban J connectivity index is 1.63. The molecule has 1 aromatic heterocycles. The van der Waals surface area contributed by atoms with Gasteiger partial charge in [0.2, 0.25) is 0 Å². The summed E-state index contributed by atoms with van der Waals surface area (Å²) >= 11 is 0. The Labute approximate surface area is 141 Å². The molecule has 2 fully saturated rings. The van der Waals surface area contributed by atoms with Crippen LogP contribution >= 0.6 is 0 Å². The fourth-order valence-corrected chi connectivity index (χ4v) is 4.13. The number of likely N-dealkylation sites (tertiary alicyclic amines) is 2. The second kappa shape index (κ2) is 7.75. The average Bonchev–Trinajstić information content (AvgIpc) is 2.89. The van der Waals surface area contributed by atoms with Crippen molar-refractivity contribution in [3.63, 3.8) is 0 Å². The van der Waals surface area contributed by atoms with E-state index in [1.54, 1.807) is 0 Å². The summed E-state index contributed by atoms with van der Waals surface area (Å²) in [5, 5.41) is 9.10. The lowest BCUT2D eigenvalue weighted by molar-refractivity contribution is 0.183. The van der Waals surface area contributed by atoms with Gasteiger partial charge in [-0.2, -0.15) is 0 Å². The number of aromatic nitrogens is 3. The van der Waals surface area contributed by atoms with Crippen molar-refractivity contribution in [1.29, 1.82) is 0 Å². The van der Waals surface area contributed by atoms with Crippen molar-refractivity contribution in [2.24, 2.45) is 13.0 Å². The Morgan fingerprint density at radius 1 is 1.00 bits per heavy atom. The van der Waals surface area contributed by atoms with Crippen LogP contribution in [0.2, 0.25) is 0 Å². The molecule has 5 nitrogen and oxygen atoms in total. The Bertz CT molecular complexity index is 490. The minimum atomic E-state index is 0.551. The first kappa shape index (κ1) is 16.9. The SMILES string of the molecule is CC(C)CN1CCCC(c2nnc(CN3CCCCC3)n2C)C1. The maximum absolute atomic E-state index is 4.58. The van der Waals surface area contributed by atoms with Crippen LogP contribution in [0, 0.1) is 5.92 Å². The summed E-state index contributed by atoms with van der Waals surface area (Å²) in [5.74, 6) is 3.63. The van der Waals surface area contributed by atoms with Crippen molar-refractivity contribution >= 4 is 0 Å². The maximum Gasteiger partial charge on any atom is 0.146 e. The zero-order valence-electron chi connectivity index (χ0n) is 15.2. The predicted molar refractivity (Wildman–Crippen MR) is 93.4 cm³/mol. The van der Waals surface area contributed by atoms with Gasteiger partial charge in [-0.3, -0.25) is 4.90 Å². The summed E-state index contributed by atoms with van der Waals surface area (Å²) in [6.45, 7) is 11.6. The van der Waals surface area contributed by atoms with Gasteiger partial charge in [-0.05, 0) is 51.2 Å². The molecule has 130 valence electrons. The second-order valence-electron chi connectivity index (χ2n) is 7.86. The summed E-state index contributed by atoms with van der Waals surface area (Å²) in [6, 6.07) is 0. The van der Waals surface area contributed by atoms with Crippen LogP contribution in [0.3, 0.4) is 0 Å². The number of nitrogens with zero attached hydrogens (tertiary/aromatic N) is 5. The van der Waals surface area contributed by atoms with Crippen LogP contribution in [0.4, 0.5) is 0 Å². The van der Waals surface area contributed by atoms with E-state index in [9.17, 15) is 0 Å². The quantitative estimate of drug-likeness (QED) is 0.836. The van der Waals surface area contributed by atoms with Gasteiger partial charge in [0, 0.05) is 26.1 Å². The number of hydrogen-bond donors (Lipinski definition) is 0. The van der Waals surface area contributed by atoms with E-state index in [2.05, 4.69) is 45.5 Å². The smallest absolute Gasteiger partial charge is 0.146 e. The molecule has 0 spiro atoms. The van der Waals surface area contributed by atoms with Crippen molar-refractivity contribution in [1.82, 2.24) is 24.6 Å². The average molecular weight is 319 g/mol. The first-order valence-electron chi connectivity index (χ1n) is 9.46. The van der Waals surface area contributed by atoms with Crippen LogP contribution < -0.4 is 0 Å².